The van der Waals surface area contributed by atoms with Crippen molar-refractivity contribution in [2.75, 3.05) is 5.75 Å². The second-order valence-electron chi connectivity index (χ2n) is 4.08. The zero-order chi connectivity index (χ0) is 13.0. The van der Waals surface area contributed by atoms with Gasteiger partial charge in [0, 0.05) is 33.6 Å². The Bertz CT molecular complexity index is 531. The highest BCUT2D eigenvalue weighted by Crippen LogP contribution is 2.30. The normalized spacial score (nSPS) is 12.4. The van der Waals surface area contributed by atoms with Gasteiger partial charge in [0.15, 0.2) is 0 Å². The molecule has 2 N–H and O–H groups in total. The topological polar surface area (TPSA) is 38.9 Å². The minimum atomic E-state index is 0.0100. The van der Waals surface area contributed by atoms with Gasteiger partial charge in [-0.25, -0.2) is 0 Å². The molecule has 0 saturated heterocycles. The van der Waals surface area contributed by atoms with Gasteiger partial charge in [0.2, 0.25) is 0 Å². The minimum absolute atomic E-state index is 0.0100. The lowest BCUT2D eigenvalue weighted by Gasteiger charge is -2.14. The first kappa shape index (κ1) is 13.6. The van der Waals surface area contributed by atoms with E-state index in [-0.39, 0.29) is 6.04 Å². The van der Waals surface area contributed by atoms with Crippen LogP contribution in [0.3, 0.4) is 0 Å². The van der Waals surface area contributed by atoms with Crippen molar-refractivity contribution in [2.24, 2.45) is 5.73 Å². The van der Waals surface area contributed by atoms with E-state index in [0.717, 1.165) is 15.8 Å². The number of hydrogen-bond acceptors (Lipinski definition) is 3. The molecule has 1 aromatic carbocycles. The van der Waals surface area contributed by atoms with E-state index in [4.69, 9.17) is 5.73 Å². The van der Waals surface area contributed by atoms with Crippen LogP contribution in [0, 0.1) is 6.92 Å². The van der Waals surface area contributed by atoms with Crippen molar-refractivity contribution in [2.45, 2.75) is 17.9 Å². The Labute approximate surface area is 120 Å². The Kier molecular flexibility index (Phi) is 4.80. The van der Waals surface area contributed by atoms with Crippen LogP contribution < -0.4 is 5.73 Å². The van der Waals surface area contributed by atoms with Crippen molar-refractivity contribution in [3.63, 3.8) is 0 Å². The lowest BCUT2D eigenvalue weighted by Crippen LogP contribution is -2.14. The molecular weight excluding hydrogens is 308 g/mol. The number of benzene rings is 1. The Hall–Kier alpha value is -0.840. The molecule has 0 amide bonds. The van der Waals surface area contributed by atoms with Crippen molar-refractivity contribution in [3.8, 4) is 0 Å². The molecule has 1 aromatic heterocycles. The quantitative estimate of drug-likeness (QED) is 0.866. The first-order valence-electron chi connectivity index (χ1n) is 5.72. The van der Waals surface area contributed by atoms with Crippen LogP contribution in [-0.2, 0) is 0 Å². The number of aromatic nitrogens is 1. The maximum Gasteiger partial charge on any atom is 0.0408 e. The Morgan fingerprint density at radius 2 is 2.11 bits per heavy atom. The number of pyridine rings is 1. The van der Waals surface area contributed by atoms with Crippen LogP contribution in [0.1, 0.15) is 17.2 Å². The van der Waals surface area contributed by atoms with E-state index in [1.54, 1.807) is 18.0 Å². The second-order valence-corrected chi connectivity index (χ2v) is 6.00. The molecule has 2 rings (SSSR count). The summed E-state index contributed by atoms with van der Waals surface area (Å²) >= 11 is 5.30. The van der Waals surface area contributed by atoms with E-state index in [1.807, 2.05) is 30.5 Å². The summed E-state index contributed by atoms with van der Waals surface area (Å²) in [6.45, 7) is 2.07. The predicted molar refractivity (Wildman–Crippen MR) is 80.8 cm³/mol. The van der Waals surface area contributed by atoms with E-state index in [0.29, 0.717) is 0 Å². The number of aryl methyl sites for hydroxylation is 1. The number of hydrogen-bond donors (Lipinski definition) is 1. The van der Waals surface area contributed by atoms with E-state index >= 15 is 0 Å². The van der Waals surface area contributed by atoms with Crippen molar-refractivity contribution < 1.29 is 0 Å². The van der Waals surface area contributed by atoms with Crippen molar-refractivity contribution in [1.82, 2.24) is 4.98 Å². The molecule has 2 nitrogen and oxygen atoms in total. The third-order valence-corrected chi connectivity index (χ3v) is 4.88. The van der Waals surface area contributed by atoms with Gasteiger partial charge in [0.25, 0.3) is 0 Å². The largest absolute Gasteiger partial charge is 0.323 e. The summed E-state index contributed by atoms with van der Waals surface area (Å²) in [7, 11) is 0. The summed E-state index contributed by atoms with van der Waals surface area (Å²) in [5.41, 5.74) is 8.54. The summed E-state index contributed by atoms with van der Waals surface area (Å²) in [6.07, 6.45) is 3.66. The molecule has 0 fully saturated rings. The smallest absolute Gasteiger partial charge is 0.0408 e. The number of rotatable bonds is 4. The molecule has 94 valence electrons. The molecule has 0 bridgehead atoms. The number of halogens is 1. The van der Waals surface area contributed by atoms with Gasteiger partial charge >= 0.3 is 0 Å². The lowest BCUT2D eigenvalue weighted by atomic mass is 10.1. The number of nitrogens with zero attached hydrogens (tertiary/aromatic N) is 1. The first-order valence-corrected chi connectivity index (χ1v) is 7.50. The molecule has 1 unspecified atom stereocenters. The maximum atomic E-state index is 6.22. The number of thioether (sulfide) groups is 1. The molecular formula is C14H15BrN2S. The molecule has 0 aliphatic carbocycles. The molecule has 18 heavy (non-hydrogen) atoms. The van der Waals surface area contributed by atoms with E-state index in [9.17, 15) is 0 Å². The molecule has 0 aliphatic rings. The highest BCUT2D eigenvalue weighted by atomic mass is 79.9. The fourth-order valence-corrected chi connectivity index (χ4v) is 3.24. The van der Waals surface area contributed by atoms with Gasteiger partial charge in [-0.2, -0.15) is 0 Å². The van der Waals surface area contributed by atoms with Gasteiger partial charge < -0.3 is 5.73 Å². The summed E-state index contributed by atoms with van der Waals surface area (Å²) in [5.74, 6) is 0.842. The predicted octanol–water partition coefficient (Wildman–Crippen LogP) is 3.94. The molecule has 0 saturated carbocycles. The van der Waals surface area contributed by atoms with Crippen LogP contribution in [0.5, 0.6) is 0 Å². The monoisotopic (exact) mass is 322 g/mol. The maximum absolute atomic E-state index is 6.22. The third kappa shape index (κ3) is 3.34. The third-order valence-electron chi connectivity index (χ3n) is 2.73. The fourth-order valence-electron chi connectivity index (χ4n) is 1.70. The van der Waals surface area contributed by atoms with Crippen LogP contribution >= 0.6 is 27.7 Å². The summed E-state index contributed by atoms with van der Waals surface area (Å²) in [6, 6.07) is 10.2. The molecule has 0 radical (unpaired) electrons. The van der Waals surface area contributed by atoms with Gasteiger partial charge in [-0.05, 0) is 52.2 Å². The van der Waals surface area contributed by atoms with E-state index < -0.39 is 0 Å². The highest BCUT2D eigenvalue weighted by molar-refractivity contribution is 9.10. The second kappa shape index (κ2) is 6.36. The van der Waals surface area contributed by atoms with Crippen molar-refractivity contribution in [1.29, 1.82) is 0 Å². The van der Waals surface area contributed by atoms with Crippen LogP contribution in [0.2, 0.25) is 0 Å². The fraction of sp³-hybridized carbons (Fsp3) is 0.214. The Morgan fingerprint density at radius 1 is 1.33 bits per heavy atom. The molecule has 1 heterocycles. The standard InChI is InChI=1S/C14H15BrN2S/c1-10-6-7-17-8-11(10)13(16)9-18-14-5-3-2-4-12(14)15/h2-8,13H,9,16H2,1H3. The lowest BCUT2D eigenvalue weighted by molar-refractivity contribution is 0.815. The Balaban J connectivity index is 2.03. The van der Waals surface area contributed by atoms with Gasteiger partial charge in [0.1, 0.15) is 0 Å². The van der Waals surface area contributed by atoms with Gasteiger partial charge in [0.05, 0.1) is 0 Å². The van der Waals surface area contributed by atoms with Crippen LogP contribution in [0.15, 0.2) is 52.1 Å². The van der Waals surface area contributed by atoms with Gasteiger partial charge in [-0.15, -0.1) is 11.8 Å². The van der Waals surface area contributed by atoms with Crippen molar-refractivity contribution >= 4 is 27.7 Å². The van der Waals surface area contributed by atoms with Crippen LogP contribution in [0.25, 0.3) is 0 Å². The average Bonchev–Trinajstić information content (AvgIpc) is 2.38. The SMILES string of the molecule is Cc1ccncc1C(N)CSc1ccccc1Br. The Morgan fingerprint density at radius 3 is 2.83 bits per heavy atom. The molecule has 0 spiro atoms. The van der Waals surface area contributed by atoms with Crippen LogP contribution in [-0.4, -0.2) is 10.7 Å². The summed E-state index contributed by atoms with van der Waals surface area (Å²) in [4.78, 5) is 5.36. The first-order chi connectivity index (χ1) is 8.68. The van der Waals surface area contributed by atoms with E-state index in [2.05, 4.69) is 33.9 Å². The zero-order valence-corrected chi connectivity index (χ0v) is 12.5. The zero-order valence-electron chi connectivity index (χ0n) is 10.1. The molecule has 4 heteroatoms. The highest BCUT2D eigenvalue weighted by Gasteiger charge is 2.10. The van der Waals surface area contributed by atoms with Crippen LogP contribution in [0.4, 0.5) is 0 Å². The number of nitrogens with two attached hydrogens (primary N) is 1. The summed E-state index contributed by atoms with van der Waals surface area (Å²) < 4.78 is 1.12. The molecule has 2 aromatic rings. The van der Waals surface area contributed by atoms with Gasteiger partial charge in [-0.1, -0.05) is 12.1 Å². The molecule has 0 aliphatic heterocycles. The van der Waals surface area contributed by atoms with Gasteiger partial charge in [-0.3, -0.25) is 4.98 Å². The minimum Gasteiger partial charge on any atom is -0.323 e. The van der Waals surface area contributed by atoms with E-state index in [1.165, 1.54) is 10.5 Å². The van der Waals surface area contributed by atoms with Crippen molar-refractivity contribution in [3.05, 3.63) is 58.3 Å². The average molecular weight is 323 g/mol. The molecule has 1 atom stereocenters. The summed E-state index contributed by atoms with van der Waals surface area (Å²) in [5, 5.41) is 0.